The number of hydrogen-bond donors (Lipinski definition) is 0. The van der Waals surface area contributed by atoms with E-state index in [0.29, 0.717) is 6.42 Å². The topological polar surface area (TPSA) is 20.3 Å². The Bertz CT molecular complexity index is 331. The summed E-state index contributed by atoms with van der Waals surface area (Å²) in [5.74, 6) is 0.275. The summed E-state index contributed by atoms with van der Waals surface area (Å²) >= 11 is 5.04. The number of thiophene rings is 1. The van der Waals surface area contributed by atoms with Gasteiger partial charge in [-0.1, -0.05) is 0 Å². The first-order chi connectivity index (χ1) is 6.75. The van der Waals surface area contributed by atoms with E-state index in [9.17, 15) is 4.79 Å². The third-order valence-electron chi connectivity index (χ3n) is 2.41. The van der Waals surface area contributed by atoms with Crippen molar-refractivity contribution in [1.82, 2.24) is 4.90 Å². The van der Waals surface area contributed by atoms with Crippen LogP contribution >= 0.6 is 27.3 Å². The second-order valence-corrected chi connectivity index (χ2v) is 6.02. The Kier molecular flexibility index (Phi) is 3.23. The molecule has 0 atom stereocenters. The molecule has 1 aromatic rings. The SMILES string of the molecule is O=C(Cc1ccc(Br)s1)N1CCCC1. The molecule has 0 spiro atoms. The summed E-state index contributed by atoms with van der Waals surface area (Å²) in [4.78, 5) is 14.9. The van der Waals surface area contributed by atoms with Gasteiger partial charge >= 0.3 is 0 Å². The predicted octanol–water partition coefficient (Wildman–Crippen LogP) is 2.68. The largest absolute Gasteiger partial charge is 0.342 e. The number of halogens is 1. The van der Waals surface area contributed by atoms with E-state index in [4.69, 9.17) is 0 Å². The van der Waals surface area contributed by atoms with Crippen LogP contribution in [0.3, 0.4) is 0 Å². The first-order valence-electron chi connectivity index (χ1n) is 4.78. The van der Waals surface area contributed by atoms with Gasteiger partial charge in [0.05, 0.1) is 10.2 Å². The summed E-state index contributed by atoms with van der Waals surface area (Å²) < 4.78 is 1.10. The van der Waals surface area contributed by atoms with Crippen LogP contribution in [0.25, 0.3) is 0 Å². The fourth-order valence-electron chi connectivity index (χ4n) is 1.67. The zero-order chi connectivity index (χ0) is 9.97. The second kappa shape index (κ2) is 4.45. The molecule has 1 amide bonds. The summed E-state index contributed by atoms with van der Waals surface area (Å²) in [6.07, 6.45) is 2.90. The molecule has 0 aromatic carbocycles. The molecule has 0 aliphatic carbocycles. The lowest BCUT2D eigenvalue weighted by Crippen LogP contribution is -2.28. The van der Waals surface area contributed by atoms with Gasteiger partial charge in [-0.15, -0.1) is 11.3 Å². The molecule has 2 rings (SSSR count). The summed E-state index contributed by atoms with van der Waals surface area (Å²) in [7, 11) is 0. The Labute approximate surface area is 96.0 Å². The maximum absolute atomic E-state index is 11.7. The van der Waals surface area contributed by atoms with Gasteiger partial charge in [-0.2, -0.15) is 0 Å². The van der Waals surface area contributed by atoms with E-state index < -0.39 is 0 Å². The van der Waals surface area contributed by atoms with Gasteiger partial charge in [-0.05, 0) is 40.9 Å². The van der Waals surface area contributed by atoms with Gasteiger partial charge in [0.25, 0.3) is 0 Å². The normalized spacial score (nSPS) is 16.2. The van der Waals surface area contributed by atoms with Crippen LogP contribution in [0.2, 0.25) is 0 Å². The zero-order valence-electron chi connectivity index (χ0n) is 7.83. The number of hydrogen-bond acceptors (Lipinski definition) is 2. The summed E-state index contributed by atoms with van der Waals surface area (Å²) in [5, 5.41) is 0. The third kappa shape index (κ3) is 2.36. The van der Waals surface area contributed by atoms with Crippen molar-refractivity contribution >= 4 is 33.2 Å². The van der Waals surface area contributed by atoms with Gasteiger partial charge in [-0.25, -0.2) is 0 Å². The van der Waals surface area contributed by atoms with Crippen LogP contribution in [0.5, 0.6) is 0 Å². The number of likely N-dealkylation sites (tertiary alicyclic amines) is 1. The van der Waals surface area contributed by atoms with Gasteiger partial charge in [-0.3, -0.25) is 4.79 Å². The van der Waals surface area contributed by atoms with Crippen molar-refractivity contribution in [1.29, 1.82) is 0 Å². The molecule has 76 valence electrons. The molecule has 1 fully saturated rings. The minimum absolute atomic E-state index is 0.275. The lowest BCUT2D eigenvalue weighted by Gasteiger charge is -2.13. The molecule has 0 unspecified atom stereocenters. The minimum atomic E-state index is 0.275. The molecule has 0 N–H and O–H groups in total. The van der Waals surface area contributed by atoms with Crippen molar-refractivity contribution in [3.05, 3.63) is 20.8 Å². The first kappa shape index (κ1) is 10.2. The van der Waals surface area contributed by atoms with E-state index in [2.05, 4.69) is 15.9 Å². The van der Waals surface area contributed by atoms with E-state index in [1.807, 2.05) is 17.0 Å². The lowest BCUT2D eigenvalue weighted by molar-refractivity contribution is -0.129. The minimum Gasteiger partial charge on any atom is -0.342 e. The van der Waals surface area contributed by atoms with Crippen molar-refractivity contribution in [2.75, 3.05) is 13.1 Å². The van der Waals surface area contributed by atoms with E-state index >= 15 is 0 Å². The Balaban J connectivity index is 1.93. The predicted molar refractivity (Wildman–Crippen MR) is 61.5 cm³/mol. The quantitative estimate of drug-likeness (QED) is 0.812. The molecule has 0 saturated carbocycles. The Morgan fingerprint density at radius 2 is 2.14 bits per heavy atom. The fraction of sp³-hybridized carbons (Fsp3) is 0.500. The van der Waals surface area contributed by atoms with Crippen molar-refractivity contribution < 1.29 is 4.79 Å². The van der Waals surface area contributed by atoms with Crippen LogP contribution in [-0.2, 0) is 11.2 Å². The molecule has 0 bridgehead atoms. The molecule has 1 aromatic heterocycles. The highest BCUT2D eigenvalue weighted by molar-refractivity contribution is 9.11. The van der Waals surface area contributed by atoms with Crippen molar-refractivity contribution in [2.24, 2.45) is 0 Å². The van der Waals surface area contributed by atoms with Gasteiger partial charge in [0.2, 0.25) is 5.91 Å². The Morgan fingerprint density at radius 1 is 1.43 bits per heavy atom. The van der Waals surface area contributed by atoms with E-state index in [1.165, 1.54) is 12.8 Å². The number of nitrogens with zero attached hydrogens (tertiary/aromatic N) is 1. The van der Waals surface area contributed by atoms with Gasteiger partial charge in [0.1, 0.15) is 0 Å². The van der Waals surface area contributed by atoms with Crippen molar-refractivity contribution in [3.63, 3.8) is 0 Å². The molecule has 1 saturated heterocycles. The molecule has 0 radical (unpaired) electrons. The van der Waals surface area contributed by atoms with Crippen molar-refractivity contribution in [3.8, 4) is 0 Å². The zero-order valence-corrected chi connectivity index (χ0v) is 10.2. The highest BCUT2D eigenvalue weighted by atomic mass is 79.9. The summed E-state index contributed by atoms with van der Waals surface area (Å²) in [5.41, 5.74) is 0. The van der Waals surface area contributed by atoms with Crippen molar-refractivity contribution in [2.45, 2.75) is 19.3 Å². The number of rotatable bonds is 2. The van der Waals surface area contributed by atoms with E-state index in [0.717, 1.165) is 21.8 Å². The first-order valence-corrected chi connectivity index (χ1v) is 6.38. The van der Waals surface area contributed by atoms with Crippen LogP contribution < -0.4 is 0 Å². The van der Waals surface area contributed by atoms with Gasteiger partial charge < -0.3 is 4.90 Å². The molecule has 1 aliphatic heterocycles. The average molecular weight is 274 g/mol. The maximum atomic E-state index is 11.7. The Hall–Kier alpha value is -0.350. The molecule has 4 heteroatoms. The standard InChI is InChI=1S/C10H12BrNOS/c11-9-4-3-8(14-9)7-10(13)12-5-1-2-6-12/h3-4H,1-2,5-7H2. The highest BCUT2D eigenvalue weighted by Gasteiger charge is 2.18. The summed E-state index contributed by atoms with van der Waals surface area (Å²) in [6.45, 7) is 1.90. The highest BCUT2D eigenvalue weighted by Crippen LogP contribution is 2.23. The fourth-order valence-corrected chi connectivity index (χ4v) is 3.15. The van der Waals surface area contributed by atoms with Crippen LogP contribution in [-0.4, -0.2) is 23.9 Å². The average Bonchev–Trinajstić information content (AvgIpc) is 2.75. The smallest absolute Gasteiger partial charge is 0.227 e. The number of carbonyl (C=O) groups is 1. The number of amides is 1. The lowest BCUT2D eigenvalue weighted by atomic mass is 10.3. The molecule has 1 aliphatic rings. The molecule has 2 nitrogen and oxygen atoms in total. The molecular weight excluding hydrogens is 262 g/mol. The number of carbonyl (C=O) groups excluding carboxylic acids is 1. The second-order valence-electron chi connectivity index (χ2n) is 3.47. The maximum Gasteiger partial charge on any atom is 0.227 e. The van der Waals surface area contributed by atoms with Crippen LogP contribution in [0.1, 0.15) is 17.7 Å². The van der Waals surface area contributed by atoms with Gasteiger partial charge in [0, 0.05) is 18.0 Å². The summed E-state index contributed by atoms with van der Waals surface area (Å²) in [6, 6.07) is 4.01. The molecular formula is C10H12BrNOS. The molecule has 14 heavy (non-hydrogen) atoms. The van der Waals surface area contributed by atoms with E-state index in [-0.39, 0.29) is 5.91 Å². The van der Waals surface area contributed by atoms with Crippen LogP contribution in [0.4, 0.5) is 0 Å². The van der Waals surface area contributed by atoms with Gasteiger partial charge in [0.15, 0.2) is 0 Å². The molecule has 2 heterocycles. The third-order valence-corrected chi connectivity index (χ3v) is 4.04. The monoisotopic (exact) mass is 273 g/mol. The van der Waals surface area contributed by atoms with Crippen LogP contribution in [0, 0.1) is 0 Å². The van der Waals surface area contributed by atoms with Crippen LogP contribution in [0.15, 0.2) is 15.9 Å². The van der Waals surface area contributed by atoms with E-state index in [1.54, 1.807) is 11.3 Å². The Morgan fingerprint density at radius 3 is 2.71 bits per heavy atom.